The highest BCUT2D eigenvalue weighted by Gasteiger charge is 2.04. The number of nitrogen functional groups attached to an aromatic ring is 1. The number of rotatable bonds is 2. The maximum atomic E-state index is 13.2. The van der Waals surface area contributed by atoms with Crippen molar-refractivity contribution >= 4 is 17.2 Å². The van der Waals surface area contributed by atoms with Crippen molar-refractivity contribution in [2.45, 2.75) is 0 Å². The monoisotopic (exact) mass is 192 g/mol. The number of nitrogens with zero attached hydrogens (tertiary/aromatic N) is 1. The van der Waals surface area contributed by atoms with E-state index in [9.17, 15) is 4.39 Å². The van der Waals surface area contributed by atoms with E-state index in [1.807, 2.05) is 0 Å². The van der Waals surface area contributed by atoms with Gasteiger partial charge in [0.25, 0.3) is 0 Å². The number of halogens is 1. The first-order valence-corrected chi connectivity index (χ1v) is 4.08. The van der Waals surface area contributed by atoms with Crippen LogP contribution in [0.25, 0.3) is 0 Å². The maximum Gasteiger partial charge on any atom is 0.146 e. The Kier molecular flexibility index (Phi) is 2.06. The Balaban J connectivity index is 2.28. The molecule has 5 heteroatoms. The number of benzene rings is 1. The number of nitrogens with two attached hydrogens (primary N) is 1. The lowest BCUT2D eigenvalue weighted by atomic mass is 10.3. The Morgan fingerprint density at radius 1 is 1.29 bits per heavy atom. The molecule has 0 aliphatic heterocycles. The highest BCUT2D eigenvalue weighted by molar-refractivity contribution is 5.68. The first-order valence-electron chi connectivity index (χ1n) is 4.08. The number of anilines is 3. The van der Waals surface area contributed by atoms with Crippen molar-refractivity contribution in [2.75, 3.05) is 11.1 Å². The van der Waals surface area contributed by atoms with Crippen molar-refractivity contribution in [3.8, 4) is 0 Å². The van der Waals surface area contributed by atoms with Crippen LogP contribution in [0.5, 0.6) is 0 Å². The molecule has 2 rings (SSSR count). The van der Waals surface area contributed by atoms with Gasteiger partial charge in [0.1, 0.15) is 17.3 Å². The van der Waals surface area contributed by atoms with Crippen molar-refractivity contribution in [1.82, 2.24) is 10.2 Å². The van der Waals surface area contributed by atoms with Crippen LogP contribution in [0.2, 0.25) is 0 Å². The zero-order valence-corrected chi connectivity index (χ0v) is 7.29. The predicted octanol–water partition coefficient (Wildman–Crippen LogP) is 1.87. The van der Waals surface area contributed by atoms with Gasteiger partial charge in [-0.2, -0.15) is 5.10 Å². The summed E-state index contributed by atoms with van der Waals surface area (Å²) in [5.74, 6) is 0.0568. The highest BCUT2D eigenvalue weighted by Crippen LogP contribution is 2.22. The summed E-state index contributed by atoms with van der Waals surface area (Å²) in [6, 6.07) is 6.36. The van der Waals surface area contributed by atoms with Gasteiger partial charge in [0.05, 0.1) is 11.9 Å². The summed E-state index contributed by atoms with van der Waals surface area (Å²) in [6.45, 7) is 0. The van der Waals surface area contributed by atoms with E-state index in [0.717, 1.165) is 0 Å². The van der Waals surface area contributed by atoms with Crippen LogP contribution in [-0.4, -0.2) is 10.2 Å². The van der Waals surface area contributed by atoms with Crippen LogP contribution >= 0.6 is 0 Å². The lowest BCUT2D eigenvalue weighted by molar-refractivity contribution is 0.632. The van der Waals surface area contributed by atoms with Gasteiger partial charge >= 0.3 is 0 Å². The average molecular weight is 192 g/mol. The summed E-state index contributed by atoms with van der Waals surface area (Å²) in [4.78, 5) is 0. The van der Waals surface area contributed by atoms with E-state index < -0.39 is 0 Å². The largest absolute Gasteiger partial charge is 0.382 e. The summed E-state index contributed by atoms with van der Waals surface area (Å²) in [5, 5.41) is 9.09. The molecule has 0 spiro atoms. The van der Waals surface area contributed by atoms with Gasteiger partial charge in [0, 0.05) is 0 Å². The minimum Gasteiger partial charge on any atom is -0.382 e. The molecule has 0 radical (unpaired) electrons. The van der Waals surface area contributed by atoms with Crippen molar-refractivity contribution in [2.24, 2.45) is 0 Å². The molecule has 1 aromatic carbocycles. The molecule has 0 saturated carbocycles. The van der Waals surface area contributed by atoms with Gasteiger partial charge in [0.2, 0.25) is 0 Å². The number of aromatic nitrogens is 2. The minimum absolute atomic E-state index is 0.326. The molecule has 0 aliphatic rings. The normalized spacial score (nSPS) is 10.1. The van der Waals surface area contributed by atoms with E-state index in [1.54, 1.807) is 18.2 Å². The molecule has 72 valence electrons. The third kappa shape index (κ3) is 1.52. The van der Waals surface area contributed by atoms with E-state index in [1.165, 1.54) is 12.3 Å². The number of aromatic amines is 1. The van der Waals surface area contributed by atoms with Crippen LogP contribution in [-0.2, 0) is 0 Å². The first-order chi connectivity index (χ1) is 6.77. The first kappa shape index (κ1) is 8.55. The third-order valence-corrected chi connectivity index (χ3v) is 1.81. The van der Waals surface area contributed by atoms with E-state index in [4.69, 9.17) is 5.73 Å². The van der Waals surface area contributed by atoms with Crippen molar-refractivity contribution in [3.63, 3.8) is 0 Å². The van der Waals surface area contributed by atoms with Crippen molar-refractivity contribution in [1.29, 1.82) is 0 Å². The molecular weight excluding hydrogens is 183 g/mol. The number of hydrogen-bond donors (Lipinski definition) is 3. The van der Waals surface area contributed by atoms with Crippen LogP contribution in [0.15, 0.2) is 30.5 Å². The summed E-state index contributed by atoms with van der Waals surface area (Å²) in [6.07, 6.45) is 1.50. The third-order valence-electron chi connectivity index (χ3n) is 1.81. The average Bonchev–Trinajstić information content (AvgIpc) is 2.56. The SMILES string of the molecule is Nc1[nH]ncc1Nc1ccccc1F. The zero-order chi connectivity index (χ0) is 9.97. The fourth-order valence-electron chi connectivity index (χ4n) is 1.10. The molecule has 0 atom stereocenters. The molecule has 1 heterocycles. The van der Waals surface area contributed by atoms with E-state index in [2.05, 4.69) is 15.5 Å². The fourth-order valence-corrected chi connectivity index (χ4v) is 1.10. The Labute approximate surface area is 79.9 Å². The fraction of sp³-hybridized carbons (Fsp3) is 0. The molecule has 4 nitrogen and oxygen atoms in total. The van der Waals surface area contributed by atoms with Gasteiger partial charge in [-0.05, 0) is 12.1 Å². The van der Waals surface area contributed by atoms with Gasteiger partial charge in [-0.3, -0.25) is 5.10 Å². The summed E-state index contributed by atoms with van der Waals surface area (Å²) in [7, 11) is 0. The van der Waals surface area contributed by atoms with Crippen LogP contribution < -0.4 is 11.1 Å². The second-order valence-electron chi connectivity index (χ2n) is 2.80. The van der Waals surface area contributed by atoms with Gasteiger partial charge in [-0.25, -0.2) is 4.39 Å². The van der Waals surface area contributed by atoms with Crippen LogP contribution in [0.4, 0.5) is 21.6 Å². The molecule has 1 aromatic heterocycles. The second kappa shape index (κ2) is 3.37. The molecule has 0 aliphatic carbocycles. The molecule has 0 unspecified atom stereocenters. The quantitative estimate of drug-likeness (QED) is 0.680. The molecule has 0 amide bonds. The number of H-pyrrole nitrogens is 1. The van der Waals surface area contributed by atoms with Crippen molar-refractivity contribution < 1.29 is 4.39 Å². The topological polar surface area (TPSA) is 66.7 Å². The standard InChI is InChI=1S/C9H9FN4/c10-6-3-1-2-4-7(6)13-8-5-12-14-9(8)11/h1-5,13H,(H3,11,12,14). The van der Waals surface area contributed by atoms with Gasteiger partial charge in [0.15, 0.2) is 0 Å². The van der Waals surface area contributed by atoms with Crippen molar-refractivity contribution in [3.05, 3.63) is 36.3 Å². The van der Waals surface area contributed by atoms with Crippen LogP contribution in [0.3, 0.4) is 0 Å². The number of para-hydroxylation sites is 1. The summed E-state index contributed by atoms with van der Waals surface area (Å²) < 4.78 is 13.2. The molecule has 0 saturated heterocycles. The lowest BCUT2D eigenvalue weighted by Gasteiger charge is -2.04. The molecule has 2 aromatic rings. The molecule has 14 heavy (non-hydrogen) atoms. The molecule has 4 N–H and O–H groups in total. The highest BCUT2D eigenvalue weighted by atomic mass is 19.1. The Hall–Kier alpha value is -2.04. The summed E-state index contributed by atoms with van der Waals surface area (Å²) >= 11 is 0. The predicted molar refractivity (Wildman–Crippen MR) is 52.7 cm³/mol. The van der Waals surface area contributed by atoms with E-state index in [-0.39, 0.29) is 5.82 Å². The summed E-state index contributed by atoms with van der Waals surface area (Å²) in [5.41, 5.74) is 6.48. The van der Waals surface area contributed by atoms with Crippen LogP contribution in [0.1, 0.15) is 0 Å². The Bertz CT molecular complexity index is 438. The Morgan fingerprint density at radius 2 is 2.07 bits per heavy atom. The van der Waals surface area contributed by atoms with Crippen LogP contribution in [0, 0.1) is 5.82 Å². The zero-order valence-electron chi connectivity index (χ0n) is 7.29. The van der Waals surface area contributed by atoms with Gasteiger partial charge in [-0.1, -0.05) is 12.1 Å². The molecular formula is C9H9FN4. The number of nitrogens with one attached hydrogen (secondary N) is 2. The molecule has 0 fully saturated rings. The Morgan fingerprint density at radius 3 is 2.71 bits per heavy atom. The van der Waals surface area contributed by atoms with E-state index in [0.29, 0.717) is 17.2 Å². The molecule has 0 bridgehead atoms. The van der Waals surface area contributed by atoms with Gasteiger partial charge in [-0.15, -0.1) is 0 Å². The minimum atomic E-state index is -0.326. The smallest absolute Gasteiger partial charge is 0.146 e. The maximum absolute atomic E-state index is 13.2. The van der Waals surface area contributed by atoms with Gasteiger partial charge < -0.3 is 11.1 Å². The van der Waals surface area contributed by atoms with E-state index >= 15 is 0 Å². The second-order valence-corrected chi connectivity index (χ2v) is 2.80. The number of hydrogen-bond acceptors (Lipinski definition) is 3. The lowest BCUT2D eigenvalue weighted by Crippen LogP contribution is -1.95.